The number of hydrogen-bond acceptors (Lipinski definition) is 8. The van der Waals surface area contributed by atoms with Gasteiger partial charge >= 0.3 is 6.09 Å². The van der Waals surface area contributed by atoms with Crippen molar-refractivity contribution in [1.82, 2.24) is 14.9 Å². The summed E-state index contributed by atoms with van der Waals surface area (Å²) < 4.78 is 37.4. The third-order valence-electron chi connectivity index (χ3n) is 7.95. The fraction of sp³-hybridized carbons (Fsp3) is 0.312. The zero-order valence-electron chi connectivity index (χ0n) is 24.0. The molecule has 2 atom stereocenters. The van der Waals surface area contributed by atoms with E-state index in [2.05, 4.69) is 14.8 Å². The van der Waals surface area contributed by atoms with Crippen LogP contribution in [0.3, 0.4) is 0 Å². The van der Waals surface area contributed by atoms with Gasteiger partial charge in [0.1, 0.15) is 18.5 Å². The first kappa shape index (κ1) is 29.8. The maximum atomic E-state index is 13.1. The number of carbonyl (C=O) groups excluding carboxylic acids is 1. The first-order chi connectivity index (χ1) is 21.2. The monoisotopic (exact) mass is 631 g/mol. The average molecular weight is 632 g/mol. The van der Waals surface area contributed by atoms with Crippen LogP contribution in [0.5, 0.6) is 0 Å². The highest BCUT2D eigenvalue weighted by Crippen LogP contribution is 2.39. The van der Waals surface area contributed by atoms with Gasteiger partial charge in [-0.1, -0.05) is 72.3 Å². The fourth-order valence-electron chi connectivity index (χ4n) is 5.80. The number of benzene rings is 3. The standard InChI is InChI=1S/C32H30ClN5O5S/c1-34-17-23-18-37(14-15-38(23)32(39)43-19-21-8-4-3-5-9-21)30-25-20-42-28(16-27(25)35-31(36-30)44(2,40)41)24-12-6-10-22-11-7-13-26(33)29(22)24/h3-13,23,28H,14-20H2,2H3/t23-,28?/m0/s1. The van der Waals surface area contributed by atoms with E-state index < -0.39 is 28.1 Å². The van der Waals surface area contributed by atoms with E-state index >= 15 is 0 Å². The van der Waals surface area contributed by atoms with Gasteiger partial charge in [0, 0.05) is 48.3 Å². The number of hydrogen-bond donors (Lipinski definition) is 0. The van der Waals surface area contributed by atoms with Crippen molar-refractivity contribution in [3.05, 3.63) is 106 Å². The molecule has 4 aromatic rings. The van der Waals surface area contributed by atoms with E-state index in [4.69, 9.17) is 27.6 Å². The molecule has 2 aliphatic rings. The van der Waals surface area contributed by atoms with Crippen molar-refractivity contribution in [2.75, 3.05) is 37.3 Å². The predicted molar refractivity (Wildman–Crippen MR) is 166 cm³/mol. The van der Waals surface area contributed by atoms with E-state index in [1.807, 2.05) is 71.6 Å². The minimum absolute atomic E-state index is 0.0591. The van der Waals surface area contributed by atoms with E-state index in [0.29, 0.717) is 35.1 Å². The summed E-state index contributed by atoms with van der Waals surface area (Å²) >= 11 is 6.59. The van der Waals surface area contributed by atoms with Gasteiger partial charge in [-0.05, 0) is 22.6 Å². The lowest BCUT2D eigenvalue weighted by molar-refractivity contribution is 0.0264. The van der Waals surface area contributed by atoms with Crippen LogP contribution in [-0.4, -0.2) is 67.9 Å². The van der Waals surface area contributed by atoms with Crippen molar-refractivity contribution < 1.29 is 22.7 Å². The number of nitrogens with zero attached hydrogens (tertiary/aromatic N) is 5. The molecule has 6 rings (SSSR count). The van der Waals surface area contributed by atoms with E-state index in [-0.39, 0.29) is 38.0 Å². The van der Waals surface area contributed by atoms with Gasteiger partial charge in [0.2, 0.25) is 21.5 Å². The molecule has 0 saturated carbocycles. The smallest absolute Gasteiger partial charge is 0.410 e. The first-order valence-corrected chi connectivity index (χ1v) is 16.4. The number of amides is 1. The Morgan fingerprint density at radius 2 is 1.86 bits per heavy atom. The van der Waals surface area contributed by atoms with Crippen LogP contribution < -0.4 is 4.90 Å². The Balaban J connectivity index is 1.29. The Morgan fingerprint density at radius 3 is 2.61 bits per heavy atom. The molecule has 226 valence electrons. The third-order valence-corrected chi connectivity index (χ3v) is 9.11. The van der Waals surface area contributed by atoms with Crippen LogP contribution in [0.2, 0.25) is 5.02 Å². The topological polar surface area (TPSA) is 106 Å². The quantitative estimate of drug-likeness (QED) is 0.210. The van der Waals surface area contributed by atoms with Gasteiger partial charge in [0.15, 0.2) is 0 Å². The molecule has 1 saturated heterocycles. The normalized spacial score (nSPS) is 18.5. The summed E-state index contributed by atoms with van der Waals surface area (Å²) in [6, 6.07) is 20.5. The third kappa shape index (κ3) is 6.06. The Morgan fingerprint density at radius 1 is 1.09 bits per heavy atom. The molecule has 12 heteroatoms. The zero-order valence-corrected chi connectivity index (χ0v) is 25.6. The Hall–Kier alpha value is -4.24. The van der Waals surface area contributed by atoms with Gasteiger partial charge in [-0.3, -0.25) is 4.90 Å². The zero-order chi connectivity index (χ0) is 30.8. The number of piperazine rings is 1. The van der Waals surface area contributed by atoms with Crippen LogP contribution in [0.25, 0.3) is 15.6 Å². The number of carbonyl (C=O) groups is 1. The van der Waals surface area contributed by atoms with Gasteiger partial charge < -0.3 is 19.2 Å². The van der Waals surface area contributed by atoms with Crippen LogP contribution in [0.15, 0.2) is 71.9 Å². The van der Waals surface area contributed by atoms with E-state index in [0.717, 1.165) is 28.2 Å². The van der Waals surface area contributed by atoms with Crippen LogP contribution in [0.1, 0.15) is 28.5 Å². The molecule has 2 aliphatic heterocycles. The Kier molecular flexibility index (Phi) is 8.40. The molecule has 0 spiro atoms. The summed E-state index contributed by atoms with van der Waals surface area (Å²) in [6.45, 7) is 8.78. The van der Waals surface area contributed by atoms with Crippen molar-refractivity contribution in [2.24, 2.45) is 0 Å². The Bertz CT molecular complexity index is 1860. The summed E-state index contributed by atoms with van der Waals surface area (Å²) in [5, 5.41) is 2.21. The van der Waals surface area contributed by atoms with Crippen LogP contribution in [0.4, 0.5) is 10.6 Å². The molecular weight excluding hydrogens is 602 g/mol. The second-order valence-corrected chi connectivity index (χ2v) is 13.2. The fourth-order valence-corrected chi connectivity index (χ4v) is 6.62. The molecule has 0 radical (unpaired) electrons. The summed E-state index contributed by atoms with van der Waals surface area (Å²) in [4.78, 5) is 29.1. The van der Waals surface area contributed by atoms with Crippen molar-refractivity contribution in [3.63, 3.8) is 0 Å². The number of sulfone groups is 1. The molecule has 1 amide bonds. The maximum absolute atomic E-state index is 13.1. The number of anilines is 1. The van der Waals surface area contributed by atoms with Gasteiger partial charge in [-0.25, -0.2) is 29.8 Å². The first-order valence-electron chi connectivity index (χ1n) is 14.2. The lowest BCUT2D eigenvalue weighted by Crippen LogP contribution is -2.57. The summed E-state index contributed by atoms with van der Waals surface area (Å²) in [5.41, 5.74) is 3.05. The minimum atomic E-state index is -3.75. The molecule has 10 nitrogen and oxygen atoms in total. The molecule has 0 bridgehead atoms. The van der Waals surface area contributed by atoms with Gasteiger partial charge in [0.25, 0.3) is 0 Å². The highest BCUT2D eigenvalue weighted by Gasteiger charge is 2.37. The predicted octanol–water partition coefficient (Wildman–Crippen LogP) is 5.25. The molecule has 3 aromatic carbocycles. The molecule has 0 N–H and O–H groups in total. The Labute approximate surface area is 260 Å². The van der Waals surface area contributed by atoms with Crippen LogP contribution in [-0.2, 0) is 38.9 Å². The number of rotatable bonds is 6. The largest absolute Gasteiger partial charge is 0.445 e. The van der Waals surface area contributed by atoms with Crippen molar-refractivity contribution in [2.45, 2.75) is 36.9 Å². The van der Waals surface area contributed by atoms with E-state index in [1.165, 1.54) is 0 Å². The lowest BCUT2D eigenvalue weighted by Gasteiger charge is -2.40. The maximum Gasteiger partial charge on any atom is 0.410 e. The lowest BCUT2D eigenvalue weighted by atomic mass is 9.94. The second-order valence-electron chi connectivity index (χ2n) is 10.9. The van der Waals surface area contributed by atoms with Crippen molar-refractivity contribution in [1.29, 1.82) is 0 Å². The molecule has 1 unspecified atom stereocenters. The minimum Gasteiger partial charge on any atom is -0.445 e. The molecule has 44 heavy (non-hydrogen) atoms. The molecule has 1 aromatic heterocycles. The summed E-state index contributed by atoms with van der Waals surface area (Å²) in [7, 11) is -3.75. The molecule has 1 fully saturated rings. The number of ether oxygens (including phenoxy) is 2. The average Bonchev–Trinajstić information content (AvgIpc) is 3.03. The molecule has 3 heterocycles. The van der Waals surface area contributed by atoms with Gasteiger partial charge in [0.05, 0.1) is 18.4 Å². The van der Waals surface area contributed by atoms with Crippen LogP contribution in [0, 0.1) is 6.57 Å². The van der Waals surface area contributed by atoms with E-state index in [1.54, 1.807) is 4.90 Å². The van der Waals surface area contributed by atoms with Crippen molar-refractivity contribution in [3.8, 4) is 0 Å². The number of fused-ring (bicyclic) bond motifs is 2. The molecule has 0 aliphatic carbocycles. The second kappa shape index (κ2) is 12.4. The highest BCUT2D eigenvalue weighted by atomic mass is 35.5. The van der Waals surface area contributed by atoms with Gasteiger partial charge in [-0.15, -0.1) is 0 Å². The summed E-state index contributed by atoms with van der Waals surface area (Å²) in [6.07, 6.45) is 0.521. The summed E-state index contributed by atoms with van der Waals surface area (Å²) in [5.74, 6) is 0.442. The van der Waals surface area contributed by atoms with Gasteiger partial charge in [-0.2, -0.15) is 0 Å². The number of halogens is 1. The molecular formula is C32H30ClN5O5S. The number of aromatic nitrogens is 2. The van der Waals surface area contributed by atoms with Crippen molar-refractivity contribution >= 4 is 44.1 Å². The highest BCUT2D eigenvalue weighted by molar-refractivity contribution is 7.90. The SMILES string of the molecule is [C-]#[N+]C[C@H]1CN(c2nc(S(C)(=O)=O)nc3c2COC(c2cccc4cccc(Cl)c24)C3)CCN1C(=O)OCc1ccccc1. The van der Waals surface area contributed by atoms with E-state index in [9.17, 15) is 13.2 Å². The van der Waals surface area contributed by atoms with Crippen LogP contribution >= 0.6 is 11.6 Å².